The average molecular weight is 203 g/mol. The van der Waals surface area contributed by atoms with Crippen molar-refractivity contribution in [1.82, 2.24) is 10.3 Å². The maximum atomic E-state index is 11.3. The predicted molar refractivity (Wildman–Crippen MR) is 49.8 cm³/mol. The lowest BCUT2D eigenvalue weighted by atomic mass is 10.3. The summed E-state index contributed by atoms with van der Waals surface area (Å²) in [5.74, 6) is -0.271. The molecule has 1 unspecified atom stereocenters. The van der Waals surface area contributed by atoms with Gasteiger partial charge in [0.2, 0.25) is 0 Å². The second-order valence-electron chi connectivity index (χ2n) is 2.79. The van der Waals surface area contributed by atoms with Crippen molar-refractivity contribution in [3.8, 4) is 0 Å². The number of hydrogen-bond donors (Lipinski definition) is 3. The van der Waals surface area contributed by atoms with Crippen LogP contribution in [0.15, 0.2) is 12.3 Å². The van der Waals surface area contributed by atoms with Gasteiger partial charge in [0.05, 0.1) is 11.1 Å². The molecule has 0 bridgehead atoms. The number of carbonyl (C=O) groups excluding carboxylic acids is 1. The Morgan fingerprint density at radius 1 is 1.85 bits per heavy atom. The summed E-state index contributed by atoms with van der Waals surface area (Å²) in [4.78, 5) is 14.0. The minimum atomic E-state index is -0.547. The van der Waals surface area contributed by atoms with E-state index in [1.54, 1.807) is 6.92 Å². The Kier molecular flexibility index (Phi) is 3.33. The maximum Gasteiger partial charge on any atom is 0.267 e. The van der Waals surface area contributed by atoms with Crippen LogP contribution in [-0.2, 0) is 0 Å². The van der Waals surface area contributed by atoms with E-state index in [9.17, 15) is 4.79 Å². The van der Waals surface area contributed by atoms with Crippen molar-refractivity contribution in [3.05, 3.63) is 23.0 Å². The number of amides is 1. The number of aliphatic hydroxyl groups is 1. The summed E-state index contributed by atoms with van der Waals surface area (Å²) in [7, 11) is 0. The molecule has 0 aromatic carbocycles. The van der Waals surface area contributed by atoms with Gasteiger partial charge < -0.3 is 15.4 Å². The quantitative estimate of drug-likeness (QED) is 0.678. The molecule has 5 heteroatoms. The van der Waals surface area contributed by atoms with Crippen LogP contribution in [0.5, 0.6) is 0 Å². The lowest BCUT2D eigenvalue weighted by Gasteiger charge is -2.04. The Morgan fingerprint density at radius 2 is 2.54 bits per heavy atom. The molecular weight excluding hydrogens is 192 g/mol. The van der Waals surface area contributed by atoms with E-state index in [1.165, 1.54) is 12.3 Å². The molecule has 3 N–H and O–H groups in total. The molecule has 0 aliphatic carbocycles. The van der Waals surface area contributed by atoms with Gasteiger partial charge in [-0.25, -0.2) is 0 Å². The molecule has 13 heavy (non-hydrogen) atoms. The summed E-state index contributed by atoms with van der Waals surface area (Å²) < 4.78 is 0. The highest BCUT2D eigenvalue weighted by atomic mass is 35.5. The van der Waals surface area contributed by atoms with E-state index in [-0.39, 0.29) is 12.5 Å². The fourth-order valence-corrected chi connectivity index (χ4v) is 0.998. The number of aromatic amines is 1. The van der Waals surface area contributed by atoms with Gasteiger partial charge in [0.25, 0.3) is 5.91 Å². The zero-order chi connectivity index (χ0) is 9.84. The van der Waals surface area contributed by atoms with Gasteiger partial charge in [-0.05, 0) is 13.0 Å². The Bertz CT molecular complexity index is 296. The number of halogens is 1. The third kappa shape index (κ3) is 3.08. The van der Waals surface area contributed by atoms with Crippen LogP contribution in [0.2, 0.25) is 5.02 Å². The van der Waals surface area contributed by atoms with Gasteiger partial charge in [-0.1, -0.05) is 11.6 Å². The van der Waals surface area contributed by atoms with Crippen molar-refractivity contribution in [1.29, 1.82) is 0 Å². The number of rotatable bonds is 3. The van der Waals surface area contributed by atoms with Crippen molar-refractivity contribution in [2.24, 2.45) is 0 Å². The number of aliphatic hydroxyl groups excluding tert-OH is 1. The lowest BCUT2D eigenvalue weighted by molar-refractivity contribution is 0.0919. The Balaban J connectivity index is 2.49. The molecule has 1 heterocycles. The molecule has 0 fully saturated rings. The maximum absolute atomic E-state index is 11.3. The van der Waals surface area contributed by atoms with Gasteiger partial charge in [0.1, 0.15) is 5.69 Å². The van der Waals surface area contributed by atoms with E-state index in [0.29, 0.717) is 10.7 Å². The van der Waals surface area contributed by atoms with Crippen molar-refractivity contribution >= 4 is 17.5 Å². The standard InChI is InChI=1S/C8H11ClN2O2/c1-5(12)3-11-8(13)7-2-6(9)4-10-7/h2,4-5,10,12H,3H2,1H3,(H,11,13). The molecule has 1 aromatic heterocycles. The topological polar surface area (TPSA) is 65.1 Å². The van der Waals surface area contributed by atoms with Crippen LogP contribution in [-0.4, -0.2) is 28.6 Å². The van der Waals surface area contributed by atoms with Crippen LogP contribution in [0.3, 0.4) is 0 Å². The monoisotopic (exact) mass is 202 g/mol. The largest absolute Gasteiger partial charge is 0.392 e. The number of nitrogens with one attached hydrogen (secondary N) is 2. The Labute approximate surface area is 80.9 Å². The third-order valence-corrected chi connectivity index (χ3v) is 1.67. The van der Waals surface area contributed by atoms with E-state index < -0.39 is 6.10 Å². The molecular formula is C8H11ClN2O2. The molecule has 0 saturated heterocycles. The van der Waals surface area contributed by atoms with Gasteiger partial charge >= 0.3 is 0 Å². The highest BCUT2D eigenvalue weighted by Crippen LogP contribution is 2.08. The summed E-state index contributed by atoms with van der Waals surface area (Å²) in [5.41, 5.74) is 0.394. The van der Waals surface area contributed by atoms with E-state index >= 15 is 0 Å². The number of H-pyrrole nitrogens is 1. The van der Waals surface area contributed by atoms with Crippen LogP contribution in [0.25, 0.3) is 0 Å². The molecule has 0 saturated carbocycles. The summed E-state index contributed by atoms with van der Waals surface area (Å²) >= 11 is 5.61. The van der Waals surface area contributed by atoms with Crippen molar-refractivity contribution in [2.45, 2.75) is 13.0 Å². The smallest absolute Gasteiger partial charge is 0.267 e. The normalized spacial score (nSPS) is 12.5. The van der Waals surface area contributed by atoms with Crippen molar-refractivity contribution < 1.29 is 9.90 Å². The van der Waals surface area contributed by atoms with Gasteiger partial charge in [0.15, 0.2) is 0 Å². The van der Waals surface area contributed by atoms with Gasteiger partial charge in [-0.3, -0.25) is 4.79 Å². The van der Waals surface area contributed by atoms with Crippen molar-refractivity contribution in [3.63, 3.8) is 0 Å². The highest BCUT2D eigenvalue weighted by molar-refractivity contribution is 6.30. The van der Waals surface area contributed by atoms with E-state index in [2.05, 4.69) is 10.3 Å². The molecule has 1 aromatic rings. The molecule has 1 rings (SSSR count). The molecule has 4 nitrogen and oxygen atoms in total. The van der Waals surface area contributed by atoms with Crippen LogP contribution in [0, 0.1) is 0 Å². The second-order valence-corrected chi connectivity index (χ2v) is 3.23. The molecule has 1 atom stereocenters. The molecule has 0 radical (unpaired) electrons. The number of carbonyl (C=O) groups is 1. The highest BCUT2D eigenvalue weighted by Gasteiger charge is 2.07. The SMILES string of the molecule is CC(O)CNC(=O)c1cc(Cl)c[nH]1. The first-order valence-corrected chi connectivity index (χ1v) is 4.27. The third-order valence-electron chi connectivity index (χ3n) is 1.45. The number of aromatic nitrogens is 1. The number of hydrogen-bond acceptors (Lipinski definition) is 2. The Morgan fingerprint density at radius 3 is 3.00 bits per heavy atom. The molecule has 0 aliphatic heterocycles. The molecule has 0 aliphatic rings. The van der Waals surface area contributed by atoms with Crippen LogP contribution in [0.4, 0.5) is 0 Å². The van der Waals surface area contributed by atoms with Crippen molar-refractivity contribution in [2.75, 3.05) is 6.54 Å². The minimum Gasteiger partial charge on any atom is -0.392 e. The van der Waals surface area contributed by atoms with E-state index in [4.69, 9.17) is 16.7 Å². The minimum absolute atomic E-state index is 0.232. The first-order chi connectivity index (χ1) is 6.09. The molecule has 1 amide bonds. The fourth-order valence-electron chi connectivity index (χ4n) is 0.835. The second kappa shape index (κ2) is 4.30. The van der Waals surface area contributed by atoms with Gasteiger partial charge in [-0.2, -0.15) is 0 Å². The molecule has 72 valence electrons. The summed E-state index contributed by atoms with van der Waals surface area (Å²) in [6.07, 6.45) is 0.980. The van der Waals surface area contributed by atoms with E-state index in [0.717, 1.165) is 0 Å². The fraction of sp³-hybridized carbons (Fsp3) is 0.375. The average Bonchev–Trinajstić information content (AvgIpc) is 2.47. The summed E-state index contributed by atoms with van der Waals surface area (Å²) in [5, 5.41) is 11.9. The lowest BCUT2D eigenvalue weighted by Crippen LogP contribution is -2.30. The first-order valence-electron chi connectivity index (χ1n) is 3.90. The Hall–Kier alpha value is -1.00. The van der Waals surface area contributed by atoms with Crippen LogP contribution >= 0.6 is 11.6 Å². The van der Waals surface area contributed by atoms with Crippen LogP contribution < -0.4 is 5.32 Å². The predicted octanol–water partition coefficient (Wildman–Crippen LogP) is 0.779. The summed E-state index contributed by atoms with van der Waals surface area (Å²) in [6, 6.07) is 1.53. The zero-order valence-electron chi connectivity index (χ0n) is 7.17. The first kappa shape index (κ1) is 10.1. The molecule has 0 spiro atoms. The summed E-state index contributed by atoms with van der Waals surface area (Å²) in [6.45, 7) is 1.83. The van der Waals surface area contributed by atoms with Crippen LogP contribution in [0.1, 0.15) is 17.4 Å². The van der Waals surface area contributed by atoms with Gasteiger partial charge in [-0.15, -0.1) is 0 Å². The van der Waals surface area contributed by atoms with Gasteiger partial charge in [0, 0.05) is 12.7 Å². The zero-order valence-corrected chi connectivity index (χ0v) is 7.93. The van der Waals surface area contributed by atoms with E-state index in [1.807, 2.05) is 0 Å².